The van der Waals surface area contributed by atoms with E-state index in [1.165, 1.54) is 0 Å². The second-order valence-electron chi connectivity index (χ2n) is 4.18. The van der Waals surface area contributed by atoms with Crippen molar-refractivity contribution in [3.63, 3.8) is 0 Å². The lowest BCUT2D eigenvalue weighted by Gasteiger charge is -2.10. The first-order valence-corrected chi connectivity index (χ1v) is 7.28. The fourth-order valence-electron chi connectivity index (χ4n) is 1.89. The van der Waals surface area contributed by atoms with E-state index in [2.05, 4.69) is 27.1 Å². The number of hydrogen-bond donors (Lipinski definition) is 0. The zero-order valence-corrected chi connectivity index (χ0v) is 13.5. The SMILES string of the molecule is CCn1nc(C)c(Br)c1COc1cccc(Cl)c1C#N. The van der Waals surface area contributed by atoms with Crippen molar-refractivity contribution in [1.82, 2.24) is 9.78 Å². The van der Waals surface area contributed by atoms with Crippen LogP contribution in [0.4, 0.5) is 0 Å². The number of nitrogens with zero attached hydrogens (tertiary/aromatic N) is 3. The Labute approximate surface area is 131 Å². The Bertz CT molecular complexity index is 676. The Morgan fingerprint density at radius 1 is 1.50 bits per heavy atom. The Hall–Kier alpha value is -1.51. The Morgan fingerprint density at radius 3 is 2.90 bits per heavy atom. The summed E-state index contributed by atoms with van der Waals surface area (Å²) < 4.78 is 8.54. The van der Waals surface area contributed by atoms with Crippen molar-refractivity contribution >= 4 is 27.5 Å². The average molecular weight is 355 g/mol. The van der Waals surface area contributed by atoms with Gasteiger partial charge < -0.3 is 4.74 Å². The zero-order valence-electron chi connectivity index (χ0n) is 11.2. The standard InChI is InChI=1S/C14H13BrClN3O/c1-3-19-12(14(15)9(2)18-19)8-20-13-6-4-5-11(16)10(13)7-17/h4-6H,3,8H2,1-2H3. The minimum absolute atomic E-state index is 0.324. The molecule has 1 heterocycles. The minimum Gasteiger partial charge on any atom is -0.486 e. The fraction of sp³-hybridized carbons (Fsp3) is 0.286. The molecule has 0 fully saturated rings. The van der Waals surface area contributed by atoms with Gasteiger partial charge in [0.15, 0.2) is 0 Å². The summed E-state index contributed by atoms with van der Waals surface area (Å²) in [5, 5.41) is 13.9. The fourth-order valence-corrected chi connectivity index (χ4v) is 2.49. The van der Waals surface area contributed by atoms with Gasteiger partial charge >= 0.3 is 0 Å². The maximum atomic E-state index is 9.11. The molecule has 0 bridgehead atoms. The van der Waals surface area contributed by atoms with Gasteiger partial charge in [0.1, 0.15) is 24.0 Å². The van der Waals surface area contributed by atoms with Gasteiger partial charge in [0.2, 0.25) is 0 Å². The van der Waals surface area contributed by atoms with Crippen LogP contribution in [0.2, 0.25) is 5.02 Å². The number of ether oxygens (including phenoxy) is 1. The number of hydrogen-bond acceptors (Lipinski definition) is 3. The molecule has 104 valence electrons. The lowest BCUT2D eigenvalue weighted by Crippen LogP contribution is -2.07. The van der Waals surface area contributed by atoms with E-state index in [1.54, 1.807) is 18.2 Å². The molecule has 0 amide bonds. The van der Waals surface area contributed by atoms with E-state index in [-0.39, 0.29) is 0 Å². The highest BCUT2D eigenvalue weighted by atomic mass is 79.9. The molecule has 20 heavy (non-hydrogen) atoms. The van der Waals surface area contributed by atoms with Crippen LogP contribution in [0.15, 0.2) is 22.7 Å². The van der Waals surface area contributed by atoms with E-state index in [9.17, 15) is 0 Å². The van der Waals surface area contributed by atoms with Crippen molar-refractivity contribution in [2.24, 2.45) is 0 Å². The highest BCUT2D eigenvalue weighted by Gasteiger charge is 2.14. The van der Waals surface area contributed by atoms with E-state index in [1.807, 2.05) is 18.5 Å². The van der Waals surface area contributed by atoms with Gasteiger partial charge in [-0.1, -0.05) is 17.7 Å². The van der Waals surface area contributed by atoms with Crippen LogP contribution in [-0.2, 0) is 13.2 Å². The minimum atomic E-state index is 0.324. The Balaban J connectivity index is 2.26. The highest BCUT2D eigenvalue weighted by molar-refractivity contribution is 9.10. The molecule has 0 aliphatic rings. The summed E-state index contributed by atoms with van der Waals surface area (Å²) in [6.07, 6.45) is 0. The molecule has 0 aliphatic carbocycles. The number of nitriles is 1. The molecule has 6 heteroatoms. The maximum Gasteiger partial charge on any atom is 0.139 e. The molecule has 1 aromatic carbocycles. The van der Waals surface area contributed by atoms with E-state index in [0.717, 1.165) is 22.4 Å². The molecule has 0 saturated heterocycles. The second-order valence-corrected chi connectivity index (χ2v) is 5.38. The third kappa shape index (κ3) is 2.82. The molecule has 0 radical (unpaired) electrons. The van der Waals surface area contributed by atoms with Gasteiger partial charge in [0, 0.05) is 6.54 Å². The van der Waals surface area contributed by atoms with E-state index in [0.29, 0.717) is 22.9 Å². The van der Waals surface area contributed by atoms with Gasteiger partial charge in [-0.15, -0.1) is 0 Å². The smallest absolute Gasteiger partial charge is 0.139 e. The Kier molecular flexibility index (Phi) is 4.69. The monoisotopic (exact) mass is 353 g/mol. The molecule has 4 nitrogen and oxygen atoms in total. The summed E-state index contributed by atoms with van der Waals surface area (Å²) in [6.45, 7) is 5.03. The molecule has 0 spiro atoms. The predicted octanol–water partition coefficient (Wildman–Crippen LogP) is 4.08. The van der Waals surface area contributed by atoms with Crippen LogP contribution in [0.1, 0.15) is 23.9 Å². The normalized spacial score (nSPS) is 10.3. The molecule has 1 aromatic heterocycles. The molecule has 0 saturated carbocycles. The van der Waals surface area contributed by atoms with Gasteiger partial charge in [-0.25, -0.2) is 0 Å². The van der Waals surface area contributed by atoms with Crippen molar-refractivity contribution in [1.29, 1.82) is 5.26 Å². The van der Waals surface area contributed by atoms with Crippen LogP contribution in [0.5, 0.6) is 5.75 Å². The lowest BCUT2D eigenvalue weighted by atomic mass is 10.2. The number of halogens is 2. The summed E-state index contributed by atoms with van der Waals surface area (Å²) in [7, 11) is 0. The summed E-state index contributed by atoms with van der Waals surface area (Å²) in [5.41, 5.74) is 2.20. The molecular weight excluding hydrogens is 342 g/mol. The molecule has 0 atom stereocenters. The zero-order chi connectivity index (χ0) is 14.7. The van der Waals surface area contributed by atoms with Gasteiger partial charge in [0.25, 0.3) is 0 Å². The largest absolute Gasteiger partial charge is 0.486 e. The van der Waals surface area contributed by atoms with Crippen molar-refractivity contribution in [3.8, 4) is 11.8 Å². The van der Waals surface area contributed by atoms with E-state index in [4.69, 9.17) is 21.6 Å². The van der Waals surface area contributed by atoms with E-state index >= 15 is 0 Å². The molecule has 2 aromatic rings. The van der Waals surface area contributed by atoms with Crippen molar-refractivity contribution in [2.75, 3.05) is 0 Å². The van der Waals surface area contributed by atoms with Crippen LogP contribution in [-0.4, -0.2) is 9.78 Å². The first kappa shape index (κ1) is 14.9. The van der Waals surface area contributed by atoms with E-state index < -0.39 is 0 Å². The van der Waals surface area contributed by atoms with Gasteiger partial charge in [0.05, 0.1) is 20.9 Å². The third-order valence-corrected chi connectivity index (χ3v) is 4.25. The van der Waals surface area contributed by atoms with Crippen LogP contribution < -0.4 is 4.74 Å². The molecule has 2 rings (SSSR count). The van der Waals surface area contributed by atoms with Crippen molar-refractivity contribution in [2.45, 2.75) is 27.0 Å². The maximum absolute atomic E-state index is 9.11. The summed E-state index contributed by atoms with van der Waals surface area (Å²) in [5.74, 6) is 0.480. The Morgan fingerprint density at radius 2 is 2.25 bits per heavy atom. The van der Waals surface area contributed by atoms with Crippen LogP contribution in [0.3, 0.4) is 0 Å². The van der Waals surface area contributed by atoms with Crippen molar-refractivity contribution < 1.29 is 4.74 Å². The van der Waals surface area contributed by atoms with Crippen LogP contribution in [0, 0.1) is 18.3 Å². The summed E-state index contributed by atoms with van der Waals surface area (Å²) >= 11 is 9.49. The number of aromatic nitrogens is 2. The van der Waals surface area contributed by atoms with Crippen molar-refractivity contribution in [3.05, 3.63) is 44.6 Å². The molecule has 0 unspecified atom stereocenters. The predicted molar refractivity (Wildman–Crippen MR) is 80.8 cm³/mol. The first-order chi connectivity index (χ1) is 9.58. The molecular formula is C14H13BrClN3O. The van der Waals surface area contributed by atoms with Gasteiger partial charge in [-0.05, 0) is 41.9 Å². The van der Waals surface area contributed by atoms with Gasteiger partial charge in [-0.2, -0.15) is 10.4 Å². The number of aryl methyl sites for hydroxylation is 2. The second kappa shape index (κ2) is 6.29. The number of rotatable bonds is 4. The third-order valence-electron chi connectivity index (χ3n) is 2.90. The average Bonchev–Trinajstić information content (AvgIpc) is 2.72. The quantitative estimate of drug-likeness (QED) is 0.831. The lowest BCUT2D eigenvalue weighted by molar-refractivity contribution is 0.291. The summed E-state index contributed by atoms with van der Waals surface area (Å²) in [4.78, 5) is 0. The topological polar surface area (TPSA) is 50.8 Å². The highest BCUT2D eigenvalue weighted by Crippen LogP contribution is 2.28. The van der Waals surface area contributed by atoms with Crippen LogP contribution in [0.25, 0.3) is 0 Å². The molecule has 0 aliphatic heterocycles. The first-order valence-electron chi connectivity index (χ1n) is 6.11. The molecule has 0 N–H and O–H groups in total. The number of benzene rings is 1. The van der Waals surface area contributed by atoms with Crippen LogP contribution >= 0.6 is 27.5 Å². The van der Waals surface area contributed by atoms with Gasteiger partial charge in [-0.3, -0.25) is 4.68 Å². The summed E-state index contributed by atoms with van der Waals surface area (Å²) in [6, 6.07) is 7.22.